The number of anilines is 1. The molecule has 0 atom stereocenters. The lowest BCUT2D eigenvalue weighted by Crippen LogP contribution is -3.12. The Morgan fingerprint density at radius 3 is 2.32 bits per heavy atom. The number of carbonyl (C=O) groups is 1. The van der Waals surface area contributed by atoms with Gasteiger partial charge >= 0.3 is 0 Å². The van der Waals surface area contributed by atoms with Crippen LogP contribution in [0, 0.1) is 6.92 Å². The number of hydrogen-bond acceptors (Lipinski definition) is 3. The van der Waals surface area contributed by atoms with Gasteiger partial charge in [0.05, 0.1) is 36.8 Å². The smallest absolute Gasteiger partial charge is 0.264 e. The molecule has 0 fully saturated rings. The molecule has 152 valence electrons. The van der Waals surface area contributed by atoms with Crippen LogP contribution >= 0.6 is 0 Å². The molecule has 2 rings (SSSR count). The van der Waals surface area contributed by atoms with Crippen LogP contribution in [-0.4, -0.2) is 47.6 Å². The third-order valence-electron chi connectivity index (χ3n) is 4.92. The Balaban J connectivity index is 2.14. The second-order valence-corrected chi connectivity index (χ2v) is 8.77. The number of hydrogen-bond donors (Lipinski definition) is 2. The fourth-order valence-corrected chi connectivity index (χ4v) is 4.15. The van der Waals surface area contributed by atoms with Crippen LogP contribution in [0.25, 0.3) is 0 Å². The lowest BCUT2D eigenvalue weighted by molar-refractivity contribution is -0.895. The van der Waals surface area contributed by atoms with Gasteiger partial charge in [0, 0.05) is 12.6 Å². The van der Waals surface area contributed by atoms with Gasteiger partial charge in [-0.2, -0.15) is 0 Å². The molecule has 0 radical (unpaired) electrons. The molecule has 2 aromatic rings. The average molecular weight is 405 g/mol. The molecule has 2 aromatic carbocycles. The number of nitrogens with one attached hydrogen (secondary N) is 2. The van der Waals surface area contributed by atoms with Crippen LogP contribution in [0.4, 0.5) is 5.69 Å². The standard InChI is InChI=1S/C21H29N3O3S/c1-5-24(6-2)15-14-22-21(25)18-8-7-9-20(16-18)28(26,27)23(4)19-12-10-17(3)11-13-19/h7-13,16H,5-6,14-15H2,1-4H3,(H,22,25)/p+1. The molecule has 7 heteroatoms. The normalized spacial score (nSPS) is 11.5. The van der Waals surface area contributed by atoms with Crippen molar-refractivity contribution < 1.29 is 18.1 Å². The summed E-state index contributed by atoms with van der Waals surface area (Å²) in [5.74, 6) is -0.262. The molecule has 0 saturated heterocycles. The first-order valence-electron chi connectivity index (χ1n) is 9.57. The lowest BCUT2D eigenvalue weighted by atomic mass is 10.2. The summed E-state index contributed by atoms with van der Waals surface area (Å²) in [6.45, 7) is 9.57. The van der Waals surface area contributed by atoms with Gasteiger partial charge in [-0.25, -0.2) is 8.42 Å². The third kappa shape index (κ3) is 5.33. The summed E-state index contributed by atoms with van der Waals surface area (Å²) in [5.41, 5.74) is 1.97. The maximum absolute atomic E-state index is 13.0. The van der Waals surface area contributed by atoms with Gasteiger partial charge < -0.3 is 10.2 Å². The number of nitrogens with zero attached hydrogens (tertiary/aromatic N) is 1. The summed E-state index contributed by atoms with van der Waals surface area (Å²) in [4.78, 5) is 13.9. The van der Waals surface area contributed by atoms with Gasteiger partial charge in [0.1, 0.15) is 0 Å². The van der Waals surface area contributed by atoms with Gasteiger partial charge in [0.15, 0.2) is 0 Å². The molecule has 0 spiro atoms. The van der Waals surface area contributed by atoms with Crippen molar-refractivity contribution in [2.24, 2.45) is 0 Å². The van der Waals surface area contributed by atoms with E-state index in [1.807, 2.05) is 19.1 Å². The summed E-state index contributed by atoms with van der Waals surface area (Å²) in [6, 6.07) is 13.4. The predicted molar refractivity (Wildman–Crippen MR) is 112 cm³/mol. The molecular weight excluding hydrogens is 374 g/mol. The first kappa shape index (κ1) is 21.9. The average Bonchev–Trinajstić information content (AvgIpc) is 2.71. The molecule has 1 amide bonds. The zero-order chi connectivity index (χ0) is 20.7. The van der Waals surface area contributed by atoms with Crippen LogP contribution in [0.2, 0.25) is 0 Å². The number of amides is 1. The predicted octanol–water partition coefficient (Wildman–Crippen LogP) is 1.47. The number of rotatable bonds is 9. The number of likely N-dealkylation sites (N-methyl/N-ethyl adjacent to an activating group) is 1. The minimum atomic E-state index is -3.75. The van der Waals surface area contributed by atoms with E-state index in [0.717, 1.165) is 25.2 Å². The highest BCUT2D eigenvalue weighted by Gasteiger charge is 2.22. The van der Waals surface area contributed by atoms with E-state index in [-0.39, 0.29) is 10.8 Å². The lowest BCUT2D eigenvalue weighted by Gasteiger charge is -2.20. The Bertz CT molecular complexity index is 891. The number of sulfonamides is 1. The Morgan fingerprint density at radius 1 is 1.07 bits per heavy atom. The van der Waals surface area contributed by atoms with E-state index in [4.69, 9.17) is 0 Å². The molecular formula is C21H30N3O3S+. The number of benzene rings is 2. The summed E-state index contributed by atoms with van der Waals surface area (Å²) in [5, 5.41) is 2.88. The minimum absolute atomic E-state index is 0.0950. The monoisotopic (exact) mass is 404 g/mol. The maximum Gasteiger partial charge on any atom is 0.264 e. The van der Waals surface area contributed by atoms with Crippen molar-refractivity contribution in [1.29, 1.82) is 0 Å². The largest absolute Gasteiger partial charge is 0.346 e. The van der Waals surface area contributed by atoms with Crippen LogP contribution in [0.1, 0.15) is 29.8 Å². The highest BCUT2D eigenvalue weighted by atomic mass is 32.2. The van der Waals surface area contributed by atoms with Crippen LogP contribution in [0.5, 0.6) is 0 Å². The molecule has 0 unspecified atom stereocenters. The van der Waals surface area contributed by atoms with Crippen LogP contribution in [0.3, 0.4) is 0 Å². The van der Waals surface area contributed by atoms with Gasteiger partial charge in [-0.05, 0) is 51.1 Å². The van der Waals surface area contributed by atoms with E-state index in [0.29, 0.717) is 17.8 Å². The van der Waals surface area contributed by atoms with Crippen molar-refractivity contribution in [2.45, 2.75) is 25.7 Å². The zero-order valence-electron chi connectivity index (χ0n) is 17.0. The molecule has 28 heavy (non-hydrogen) atoms. The van der Waals surface area contributed by atoms with Gasteiger partial charge in [0.25, 0.3) is 15.9 Å². The van der Waals surface area contributed by atoms with Crippen molar-refractivity contribution in [3.8, 4) is 0 Å². The fraction of sp³-hybridized carbons (Fsp3) is 0.381. The Hall–Kier alpha value is -2.38. The Morgan fingerprint density at radius 2 is 1.71 bits per heavy atom. The molecule has 0 aliphatic carbocycles. The SMILES string of the molecule is CC[NH+](CC)CCNC(=O)c1cccc(S(=O)(=O)N(C)c2ccc(C)cc2)c1. The molecule has 0 aromatic heterocycles. The summed E-state index contributed by atoms with van der Waals surface area (Å²) >= 11 is 0. The van der Waals surface area contributed by atoms with Crippen molar-refractivity contribution in [1.82, 2.24) is 5.32 Å². The first-order chi connectivity index (χ1) is 13.3. The van der Waals surface area contributed by atoms with Crippen molar-refractivity contribution in [3.05, 3.63) is 59.7 Å². The van der Waals surface area contributed by atoms with E-state index in [9.17, 15) is 13.2 Å². The highest BCUT2D eigenvalue weighted by Crippen LogP contribution is 2.23. The van der Waals surface area contributed by atoms with Crippen molar-refractivity contribution >= 4 is 21.6 Å². The van der Waals surface area contributed by atoms with E-state index in [1.165, 1.54) is 28.4 Å². The summed E-state index contributed by atoms with van der Waals surface area (Å²) in [6.07, 6.45) is 0. The van der Waals surface area contributed by atoms with E-state index < -0.39 is 10.0 Å². The summed E-state index contributed by atoms with van der Waals surface area (Å²) in [7, 11) is -2.24. The van der Waals surface area contributed by atoms with E-state index >= 15 is 0 Å². The minimum Gasteiger partial charge on any atom is -0.346 e. The van der Waals surface area contributed by atoms with Crippen molar-refractivity contribution in [3.63, 3.8) is 0 Å². The molecule has 0 aliphatic rings. The van der Waals surface area contributed by atoms with E-state index in [2.05, 4.69) is 19.2 Å². The number of carbonyl (C=O) groups excluding carboxylic acids is 1. The van der Waals surface area contributed by atoms with Gasteiger partial charge in [-0.1, -0.05) is 23.8 Å². The van der Waals surface area contributed by atoms with Crippen LogP contribution in [0.15, 0.2) is 53.4 Å². The fourth-order valence-electron chi connectivity index (χ4n) is 2.91. The van der Waals surface area contributed by atoms with Gasteiger partial charge in [-0.15, -0.1) is 0 Å². The second kappa shape index (κ2) is 9.71. The molecule has 6 nitrogen and oxygen atoms in total. The molecule has 0 bridgehead atoms. The van der Waals surface area contributed by atoms with Crippen LogP contribution < -0.4 is 14.5 Å². The zero-order valence-corrected chi connectivity index (χ0v) is 17.8. The van der Waals surface area contributed by atoms with Gasteiger partial charge in [0.2, 0.25) is 0 Å². The summed E-state index contributed by atoms with van der Waals surface area (Å²) < 4.78 is 27.2. The second-order valence-electron chi connectivity index (χ2n) is 6.80. The maximum atomic E-state index is 13.0. The topological polar surface area (TPSA) is 70.9 Å². The number of quaternary nitrogens is 1. The number of aryl methyl sites for hydroxylation is 1. The highest BCUT2D eigenvalue weighted by molar-refractivity contribution is 7.92. The molecule has 0 aliphatic heterocycles. The first-order valence-corrected chi connectivity index (χ1v) is 11.0. The molecule has 0 saturated carbocycles. The molecule has 0 heterocycles. The van der Waals surface area contributed by atoms with Gasteiger partial charge in [-0.3, -0.25) is 9.10 Å². The van der Waals surface area contributed by atoms with Crippen LogP contribution in [-0.2, 0) is 10.0 Å². The third-order valence-corrected chi connectivity index (χ3v) is 6.70. The van der Waals surface area contributed by atoms with Crippen molar-refractivity contribution in [2.75, 3.05) is 37.5 Å². The quantitative estimate of drug-likeness (QED) is 0.665. The Kier molecular flexibility index (Phi) is 7.60. The van der Waals surface area contributed by atoms with E-state index in [1.54, 1.807) is 24.3 Å². The molecule has 2 N–H and O–H groups in total. The Labute approximate surface area is 168 Å².